The van der Waals surface area contributed by atoms with Crippen molar-refractivity contribution in [1.29, 1.82) is 0 Å². The predicted octanol–water partition coefficient (Wildman–Crippen LogP) is 3.56. The Morgan fingerprint density at radius 3 is 3.10 bits per heavy atom. The summed E-state index contributed by atoms with van der Waals surface area (Å²) >= 11 is 1.42. The summed E-state index contributed by atoms with van der Waals surface area (Å²) in [5.74, 6) is 0.649. The van der Waals surface area contributed by atoms with Crippen LogP contribution < -0.4 is 10.1 Å². The van der Waals surface area contributed by atoms with Crippen LogP contribution in [0.3, 0.4) is 0 Å². The van der Waals surface area contributed by atoms with Crippen molar-refractivity contribution in [2.45, 2.75) is 18.9 Å². The number of anilines is 1. The molecule has 0 radical (unpaired) electrons. The summed E-state index contributed by atoms with van der Waals surface area (Å²) in [4.78, 5) is 12.7. The molecule has 1 fully saturated rings. The summed E-state index contributed by atoms with van der Waals surface area (Å²) in [7, 11) is 0. The van der Waals surface area contributed by atoms with Crippen molar-refractivity contribution in [3.8, 4) is 5.75 Å². The maximum Gasteiger partial charge on any atom is 0.265 e. The molecule has 5 heteroatoms. The molecule has 1 saturated heterocycles. The van der Waals surface area contributed by atoms with Gasteiger partial charge in [0.05, 0.1) is 11.0 Å². The smallest absolute Gasteiger partial charge is 0.265 e. The van der Waals surface area contributed by atoms with Crippen molar-refractivity contribution in [2.24, 2.45) is 0 Å². The number of thiophene rings is 1. The minimum Gasteiger partial charge on any atom is -0.491 e. The highest BCUT2D eigenvalue weighted by atomic mass is 32.1. The molecule has 0 saturated carbocycles. The van der Waals surface area contributed by atoms with Crippen LogP contribution in [-0.2, 0) is 4.74 Å². The van der Waals surface area contributed by atoms with Crippen LogP contribution in [0.4, 0.5) is 5.69 Å². The van der Waals surface area contributed by atoms with E-state index in [1.165, 1.54) is 11.3 Å². The van der Waals surface area contributed by atoms with Crippen LogP contribution >= 0.6 is 11.3 Å². The van der Waals surface area contributed by atoms with Crippen molar-refractivity contribution >= 4 is 22.9 Å². The van der Waals surface area contributed by atoms with Crippen LogP contribution in [0, 0.1) is 0 Å². The van der Waals surface area contributed by atoms with Crippen LogP contribution in [0.15, 0.2) is 41.8 Å². The van der Waals surface area contributed by atoms with Gasteiger partial charge in [0.2, 0.25) is 0 Å². The maximum absolute atomic E-state index is 12.0. The number of rotatable bonds is 5. The molecule has 2 heterocycles. The van der Waals surface area contributed by atoms with Gasteiger partial charge in [0.15, 0.2) is 0 Å². The number of hydrogen-bond donors (Lipinski definition) is 1. The Hall–Kier alpha value is -1.85. The normalized spacial score (nSPS) is 17.6. The molecule has 1 amide bonds. The lowest BCUT2D eigenvalue weighted by Crippen LogP contribution is -2.16. The van der Waals surface area contributed by atoms with Gasteiger partial charge in [-0.05, 0) is 36.4 Å². The van der Waals surface area contributed by atoms with Gasteiger partial charge in [0.1, 0.15) is 12.4 Å². The first kappa shape index (κ1) is 14.1. The van der Waals surface area contributed by atoms with Crippen molar-refractivity contribution in [2.75, 3.05) is 18.5 Å². The molecule has 0 aliphatic carbocycles. The average Bonchev–Trinajstić information content (AvgIpc) is 3.19. The summed E-state index contributed by atoms with van der Waals surface area (Å²) in [5.41, 5.74) is 0.734. The first-order valence-electron chi connectivity index (χ1n) is 7.00. The average molecular weight is 303 g/mol. The molecule has 0 spiro atoms. The number of benzene rings is 1. The second kappa shape index (κ2) is 6.74. The Morgan fingerprint density at radius 1 is 1.38 bits per heavy atom. The molecule has 0 bridgehead atoms. The third kappa shape index (κ3) is 3.83. The zero-order chi connectivity index (χ0) is 14.5. The molecule has 1 aromatic carbocycles. The number of carbonyl (C=O) groups excluding carboxylic acids is 1. The largest absolute Gasteiger partial charge is 0.491 e. The Bertz CT molecular complexity index is 591. The van der Waals surface area contributed by atoms with Crippen LogP contribution in [0.1, 0.15) is 22.5 Å². The second-order valence-corrected chi connectivity index (χ2v) is 5.85. The highest BCUT2D eigenvalue weighted by Gasteiger charge is 2.16. The molecular weight excluding hydrogens is 286 g/mol. The van der Waals surface area contributed by atoms with E-state index in [9.17, 15) is 4.79 Å². The lowest BCUT2D eigenvalue weighted by atomic mass is 10.2. The van der Waals surface area contributed by atoms with E-state index in [-0.39, 0.29) is 12.0 Å². The van der Waals surface area contributed by atoms with Crippen LogP contribution in [0.5, 0.6) is 5.75 Å². The van der Waals surface area contributed by atoms with E-state index in [0.29, 0.717) is 11.5 Å². The van der Waals surface area contributed by atoms with Gasteiger partial charge in [-0.2, -0.15) is 0 Å². The lowest BCUT2D eigenvalue weighted by Gasteiger charge is -2.12. The predicted molar refractivity (Wildman–Crippen MR) is 83.2 cm³/mol. The number of hydrogen-bond acceptors (Lipinski definition) is 4. The molecule has 1 aromatic heterocycles. The summed E-state index contributed by atoms with van der Waals surface area (Å²) in [5, 5.41) is 4.76. The fourth-order valence-corrected chi connectivity index (χ4v) is 2.85. The topological polar surface area (TPSA) is 47.6 Å². The molecule has 2 aromatic rings. The molecular formula is C16H17NO3S. The number of amides is 1. The minimum atomic E-state index is -0.0960. The highest BCUT2D eigenvalue weighted by molar-refractivity contribution is 7.12. The maximum atomic E-state index is 12.0. The third-order valence-electron chi connectivity index (χ3n) is 3.30. The van der Waals surface area contributed by atoms with E-state index in [1.54, 1.807) is 6.07 Å². The zero-order valence-corrected chi connectivity index (χ0v) is 12.4. The molecule has 1 atom stereocenters. The third-order valence-corrected chi connectivity index (χ3v) is 4.17. The number of carbonyl (C=O) groups is 1. The van der Waals surface area contributed by atoms with Gasteiger partial charge in [-0.1, -0.05) is 12.1 Å². The van der Waals surface area contributed by atoms with Gasteiger partial charge >= 0.3 is 0 Å². The van der Waals surface area contributed by atoms with Crippen molar-refractivity contribution in [3.63, 3.8) is 0 Å². The van der Waals surface area contributed by atoms with Gasteiger partial charge in [-0.3, -0.25) is 4.79 Å². The number of nitrogens with one attached hydrogen (secondary N) is 1. The second-order valence-electron chi connectivity index (χ2n) is 4.91. The van der Waals surface area contributed by atoms with Crippen LogP contribution in [0.2, 0.25) is 0 Å². The van der Waals surface area contributed by atoms with E-state index in [4.69, 9.17) is 9.47 Å². The lowest BCUT2D eigenvalue weighted by molar-refractivity contribution is 0.0680. The molecule has 1 N–H and O–H groups in total. The SMILES string of the molecule is O=C(Nc1cccc(OCC2CCCO2)c1)c1cccs1. The van der Waals surface area contributed by atoms with E-state index in [0.717, 1.165) is 30.9 Å². The van der Waals surface area contributed by atoms with Gasteiger partial charge in [0.25, 0.3) is 5.91 Å². The van der Waals surface area contributed by atoms with Crippen molar-refractivity contribution in [1.82, 2.24) is 0 Å². The highest BCUT2D eigenvalue weighted by Crippen LogP contribution is 2.20. The van der Waals surface area contributed by atoms with Gasteiger partial charge in [-0.25, -0.2) is 0 Å². The van der Waals surface area contributed by atoms with Crippen LogP contribution in [-0.4, -0.2) is 25.2 Å². The van der Waals surface area contributed by atoms with E-state index >= 15 is 0 Å². The first-order chi connectivity index (χ1) is 10.3. The van der Waals surface area contributed by atoms with Gasteiger partial charge < -0.3 is 14.8 Å². The standard InChI is InChI=1S/C16H17NO3S/c18-16(15-7-3-9-21-15)17-12-4-1-5-13(10-12)20-11-14-6-2-8-19-14/h1,3-5,7,9-10,14H,2,6,8,11H2,(H,17,18). The molecule has 1 aliphatic heterocycles. The Morgan fingerprint density at radius 2 is 2.33 bits per heavy atom. The zero-order valence-electron chi connectivity index (χ0n) is 11.6. The minimum absolute atomic E-state index is 0.0960. The number of ether oxygens (including phenoxy) is 2. The summed E-state index contributed by atoms with van der Waals surface area (Å²) in [6.45, 7) is 1.38. The Balaban J connectivity index is 1.58. The Kier molecular flexibility index (Phi) is 4.52. The molecule has 1 unspecified atom stereocenters. The summed E-state index contributed by atoms with van der Waals surface area (Å²) in [6, 6.07) is 11.1. The Labute approximate surface area is 127 Å². The van der Waals surface area contributed by atoms with Crippen molar-refractivity contribution in [3.05, 3.63) is 46.7 Å². The van der Waals surface area contributed by atoms with Crippen molar-refractivity contribution < 1.29 is 14.3 Å². The van der Waals surface area contributed by atoms with E-state index < -0.39 is 0 Å². The summed E-state index contributed by atoms with van der Waals surface area (Å²) < 4.78 is 11.3. The van der Waals surface area contributed by atoms with E-state index in [1.807, 2.05) is 35.7 Å². The quantitative estimate of drug-likeness (QED) is 0.918. The monoisotopic (exact) mass is 303 g/mol. The summed E-state index contributed by atoms with van der Waals surface area (Å²) in [6.07, 6.45) is 2.34. The molecule has 21 heavy (non-hydrogen) atoms. The van der Waals surface area contributed by atoms with Gasteiger partial charge in [-0.15, -0.1) is 11.3 Å². The molecule has 4 nitrogen and oxygen atoms in total. The first-order valence-corrected chi connectivity index (χ1v) is 7.88. The van der Waals surface area contributed by atoms with Gasteiger partial charge in [0, 0.05) is 18.4 Å². The molecule has 1 aliphatic rings. The van der Waals surface area contributed by atoms with Crippen LogP contribution in [0.25, 0.3) is 0 Å². The fourth-order valence-electron chi connectivity index (χ4n) is 2.23. The molecule has 110 valence electrons. The fraction of sp³-hybridized carbons (Fsp3) is 0.312. The van der Waals surface area contributed by atoms with E-state index in [2.05, 4.69) is 5.32 Å². The molecule has 3 rings (SSSR count).